The molecule has 0 bridgehead atoms. The highest BCUT2D eigenvalue weighted by Crippen LogP contribution is 2.17. The van der Waals surface area contributed by atoms with Gasteiger partial charge in [-0.05, 0) is 50.4 Å². The summed E-state index contributed by atoms with van der Waals surface area (Å²) in [7, 11) is 0. The zero-order chi connectivity index (χ0) is 10.7. The Bertz CT molecular complexity index is 327. The predicted molar refractivity (Wildman–Crippen MR) is 65.4 cm³/mol. The third-order valence-corrected chi connectivity index (χ3v) is 3.09. The van der Waals surface area contributed by atoms with Crippen LogP contribution in [0.1, 0.15) is 24.0 Å². The van der Waals surface area contributed by atoms with E-state index in [0.717, 1.165) is 6.54 Å². The number of hydrogen-bond donors (Lipinski definition) is 2. The van der Waals surface area contributed by atoms with Crippen molar-refractivity contribution < 1.29 is 0 Å². The van der Waals surface area contributed by atoms with Gasteiger partial charge in [-0.25, -0.2) is 0 Å². The summed E-state index contributed by atoms with van der Waals surface area (Å²) in [6.07, 6.45) is 2.62. The first kappa shape index (κ1) is 10.5. The minimum atomic E-state index is 0.657. The van der Waals surface area contributed by atoms with Gasteiger partial charge in [0, 0.05) is 18.3 Å². The molecule has 1 aromatic rings. The van der Waals surface area contributed by atoms with Gasteiger partial charge in [0.1, 0.15) is 0 Å². The Morgan fingerprint density at radius 3 is 3.00 bits per heavy atom. The van der Waals surface area contributed by atoms with Gasteiger partial charge in [0.15, 0.2) is 0 Å². The van der Waals surface area contributed by atoms with Crippen molar-refractivity contribution in [1.29, 1.82) is 0 Å². The lowest BCUT2D eigenvalue weighted by Gasteiger charge is -2.14. The van der Waals surface area contributed by atoms with E-state index in [-0.39, 0.29) is 0 Å². The summed E-state index contributed by atoms with van der Waals surface area (Å²) in [5.41, 5.74) is 3.93. The topological polar surface area (TPSA) is 24.1 Å². The van der Waals surface area contributed by atoms with Crippen molar-refractivity contribution in [2.24, 2.45) is 0 Å². The SMILES string of the molecule is Cc1ccc(C)c(NC[C@@H]2CCCN2)c1. The molecule has 0 unspecified atom stereocenters. The summed E-state index contributed by atoms with van der Waals surface area (Å²) >= 11 is 0. The Kier molecular flexibility index (Phi) is 3.27. The van der Waals surface area contributed by atoms with Gasteiger partial charge in [0.2, 0.25) is 0 Å². The number of rotatable bonds is 3. The predicted octanol–water partition coefficient (Wildman–Crippen LogP) is 2.47. The second-order valence-corrected chi connectivity index (χ2v) is 4.49. The van der Waals surface area contributed by atoms with Crippen LogP contribution in [0.2, 0.25) is 0 Å². The summed E-state index contributed by atoms with van der Waals surface area (Å²) in [4.78, 5) is 0. The van der Waals surface area contributed by atoms with E-state index in [2.05, 4.69) is 42.7 Å². The molecule has 0 spiro atoms. The molecule has 1 aliphatic heterocycles. The molecule has 1 atom stereocenters. The van der Waals surface area contributed by atoms with Crippen molar-refractivity contribution in [2.75, 3.05) is 18.4 Å². The van der Waals surface area contributed by atoms with Gasteiger partial charge in [-0.3, -0.25) is 0 Å². The molecule has 2 heteroatoms. The lowest BCUT2D eigenvalue weighted by Crippen LogP contribution is -2.29. The average molecular weight is 204 g/mol. The maximum Gasteiger partial charge on any atom is 0.0373 e. The lowest BCUT2D eigenvalue weighted by molar-refractivity contribution is 0.633. The average Bonchev–Trinajstić information content (AvgIpc) is 2.72. The van der Waals surface area contributed by atoms with Gasteiger partial charge in [-0.1, -0.05) is 12.1 Å². The second kappa shape index (κ2) is 4.67. The molecule has 2 N–H and O–H groups in total. The molecule has 2 nitrogen and oxygen atoms in total. The maximum absolute atomic E-state index is 3.53. The zero-order valence-electron chi connectivity index (χ0n) is 9.64. The largest absolute Gasteiger partial charge is 0.383 e. The minimum Gasteiger partial charge on any atom is -0.383 e. The number of hydrogen-bond acceptors (Lipinski definition) is 2. The van der Waals surface area contributed by atoms with Crippen LogP contribution in [0.5, 0.6) is 0 Å². The summed E-state index contributed by atoms with van der Waals surface area (Å²) < 4.78 is 0. The summed E-state index contributed by atoms with van der Waals surface area (Å²) in [6.45, 7) is 6.52. The van der Waals surface area contributed by atoms with Crippen molar-refractivity contribution in [3.05, 3.63) is 29.3 Å². The van der Waals surface area contributed by atoms with Crippen LogP contribution in [0.4, 0.5) is 5.69 Å². The van der Waals surface area contributed by atoms with Crippen LogP contribution in [0.15, 0.2) is 18.2 Å². The number of anilines is 1. The highest BCUT2D eigenvalue weighted by molar-refractivity contribution is 5.52. The molecule has 0 aliphatic carbocycles. The lowest BCUT2D eigenvalue weighted by atomic mass is 10.1. The van der Waals surface area contributed by atoms with Crippen molar-refractivity contribution >= 4 is 5.69 Å². The molecule has 1 aliphatic rings. The fraction of sp³-hybridized carbons (Fsp3) is 0.538. The van der Waals surface area contributed by atoms with Crippen LogP contribution in [0.25, 0.3) is 0 Å². The molecule has 0 radical (unpaired) electrons. The molecular formula is C13H20N2. The Hall–Kier alpha value is -1.02. The van der Waals surface area contributed by atoms with Crippen LogP contribution < -0.4 is 10.6 Å². The minimum absolute atomic E-state index is 0.657. The monoisotopic (exact) mass is 204 g/mol. The van der Waals surface area contributed by atoms with Crippen molar-refractivity contribution in [3.8, 4) is 0 Å². The van der Waals surface area contributed by atoms with Gasteiger partial charge < -0.3 is 10.6 Å². The second-order valence-electron chi connectivity index (χ2n) is 4.49. The van der Waals surface area contributed by atoms with Crippen LogP contribution in [0.3, 0.4) is 0 Å². The number of benzene rings is 1. The molecule has 0 aromatic heterocycles. The van der Waals surface area contributed by atoms with Crippen LogP contribution in [-0.2, 0) is 0 Å². The molecule has 1 aromatic carbocycles. The van der Waals surface area contributed by atoms with Gasteiger partial charge >= 0.3 is 0 Å². The van der Waals surface area contributed by atoms with Gasteiger partial charge in [-0.15, -0.1) is 0 Å². The van der Waals surface area contributed by atoms with Crippen molar-refractivity contribution in [1.82, 2.24) is 5.32 Å². The Morgan fingerprint density at radius 2 is 2.27 bits per heavy atom. The number of nitrogens with one attached hydrogen (secondary N) is 2. The van der Waals surface area contributed by atoms with Crippen molar-refractivity contribution in [3.63, 3.8) is 0 Å². The summed E-state index contributed by atoms with van der Waals surface area (Å²) in [5, 5.41) is 7.03. The van der Waals surface area contributed by atoms with E-state index >= 15 is 0 Å². The first-order chi connectivity index (χ1) is 7.25. The molecule has 1 fully saturated rings. The Labute approximate surface area is 92.1 Å². The third-order valence-electron chi connectivity index (χ3n) is 3.09. The van der Waals surface area contributed by atoms with E-state index in [1.54, 1.807) is 0 Å². The van der Waals surface area contributed by atoms with E-state index in [9.17, 15) is 0 Å². The van der Waals surface area contributed by atoms with Crippen molar-refractivity contribution in [2.45, 2.75) is 32.7 Å². The van der Waals surface area contributed by atoms with Crippen LogP contribution in [0, 0.1) is 13.8 Å². The van der Waals surface area contributed by atoms with E-state index in [1.165, 1.54) is 36.2 Å². The van der Waals surface area contributed by atoms with Gasteiger partial charge in [0.05, 0.1) is 0 Å². The third kappa shape index (κ3) is 2.72. The molecular weight excluding hydrogens is 184 g/mol. The van der Waals surface area contributed by atoms with Gasteiger partial charge in [-0.2, -0.15) is 0 Å². The normalized spacial score (nSPS) is 20.5. The summed E-state index contributed by atoms with van der Waals surface area (Å²) in [5.74, 6) is 0. The standard InChI is InChI=1S/C13H20N2/c1-10-5-6-11(2)13(8-10)15-9-12-4-3-7-14-12/h5-6,8,12,14-15H,3-4,7,9H2,1-2H3/t12-/m0/s1. The Balaban J connectivity index is 1.94. The molecule has 1 saturated heterocycles. The molecule has 1 heterocycles. The fourth-order valence-electron chi connectivity index (χ4n) is 2.09. The van der Waals surface area contributed by atoms with Gasteiger partial charge in [0.25, 0.3) is 0 Å². The molecule has 0 amide bonds. The first-order valence-electron chi connectivity index (χ1n) is 5.80. The first-order valence-corrected chi connectivity index (χ1v) is 5.80. The van der Waals surface area contributed by atoms with E-state index < -0.39 is 0 Å². The molecule has 0 saturated carbocycles. The smallest absolute Gasteiger partial charge is 0.0373 e. The maximum atomic E-state index is 3.53. The number of aryl methyl sites for hydroxylation is 2. The fourth-order valence-corrected chi connectivity index (χ4v) is 2.09. The van der Waals surface area contributed by atoms with E-state index in [4.69, 9.17) is 0 Å². The Morgan fingerprint density at radius 1 is 1.40 bits per heavy atom. The molecule has 15 heavy (non-hydrogen) atoms. The molecule has 82 valence electrons. The van der Waals surface area contributed by atoms with Crippen LogP contribution in [-0.4, -0.2) is 19.1 Å². The highest BCUT2D eigenvalue weighted by Gasteiger charge is 2.13. The van der Waals surface area contributed by atoms with E-state index in [0.29, 0.717) is 6.04 Å². The van der Waals surface area contributed by atoms with Crippen LogP contribution >= 0.6 is 0 Å². The van der Waals surface area contributed by atoms with E-state index in [1.807, 2.05) is 0 Å². The zero-order valence-corrected chi connectivity index (χ0v) is 9.64. The molecule has 2 rings (SSSR count). The quantitative estimate of drug-likeness (QED) is 0.790. The highest BCUT2D eigenvalue weighted by atomic mass is 15.0. The summed E-state index contributed by atoms with van der Waals surface area (Å²) in [6, 6.07) is 7.23.